The van der Waals surface area contributed by atoms with Gasteiger partial charge in [0.2, 0.25) is 0 Å². The zero-order chi connectivity index (χ0) is 23.5. The number of carbonyl (C=O) groups is 2. The number of hydrogen-bond acceptors (Lipinski definition) is 5. The molecule has 168 valence electrons. The fourth-order valence-corrected chi connectivity index (χ4v) is 3.25. The van der Waals surface area contributed by atoms with Gasteiger partial charge in [-0.3, -0.25) is 9.59 Å². The van der Waals surface area contributed by atoms with Crippen molar-refractivity contribution in [3.8, 4) is 0 Å². The zero-order valence-corrected chi connectivity index (χ0v) is 17.5. The van der Waals surface area contributed by atoms with E-state index < -0.39 is 35.8 Å². The van der Waals surface area contributed by atoms with Crippen molar-refractivity contribution in [2.45, 2.75) is 26.1 Å². The van der Waals surface area contributed by atoms with Gasteiger partial charge >= 0.3 is 17.8 Å². The van der Waals surface area contributed by atoms with Crippen LogP contribution in [-0.2, 0) is 28.7 Å². The second-order valence-corrected chi connectivity index (χ2v) is 7.21. The second-order valence-electron chi connectivity index (χ2n) is 6.80. The summed E-state index contributed by atoms with van der Waals surface area (Å²) in [6, 6.07) is 8.00. The maximum Gasteiger partial charge on any atom is 0.416 e. The van der Waals surface area contributed by atoms with Crippen molar-refractivity contribution < 1.29 is 31.9 Å². The molecule has 0 saturated heterocycles. The molecule has 6 nitrogen and oxygen atoms in total. The molecule has 0 bridgehead atoms. The summed E-state index contributed by atoms with van der Waals surface area (Å²) in [5.74, 6) is -1.54. The Kier molecular flexibility index (Phi) is 6.88. The van der Waals surface area contributed by atoms with Crippen LogP contribution >= 0.6 is 11.6 Å². The van der Waals surface area contributed by atoms with Crippen molar-refractivity contribution in [2.24, 2.45) is 0 Å². The number of benzene rings is 2. The van der Waals surface area contributed by atoms with Crippen LogP contribution in [-0.4, -0.2) is 18.4 Å². The smallest absolute Gasteiger partial charge is 0.416 e. The van der Waals surface area contributed by atoms with E-state index in [0.717, 1.165) is 29.8 Å². The van der Waals surface area contributed by atoms with Crippen LogP contribution in [0.25, 0.3) is 11.0 Å². The lowest BCUT2D eigenvalue weighted by Crippen LogP contribution is -2.30. The van der Waals surface area contributed by atoms with Gasteiger partial charge in [-0.2, -0.15) is 13.2 Å². The molecule has 3 rings (SSSR count). The molecule has 1 heterocycles. The minimum absolute atomic E-state index is 0.0427. The van der Waals surface area contributed by atoms with E-state index >= 15 is 0 Å². The van der Waals surface area contributed by atoms with Gasteiger partial charge < -0.3 is 14.5 Å². The highest BCUT2D eigenvalue weighted by atomic mass is 35.5. The monoisotopic (exact) mass is 467 g/mol. The van der Waals surface area contributed by atoms with Gasteiger partial charge in [0.1, 0.15) is 18.7 Å². The summed E-state index contributed by atoms with van der Waals surface area (Å²) in [6.07, 6.45) is -3.88. The second kappa shape index (κ2) is 9.44. The molecular weight excluding hydrogens is 451 g/mol. The number of halogens is 4. The third kappa shape index (κ3) is 5.47. The van der Waals surface area contributed by atoms with Crippen LogP contribution in [0.3, 0.4) is 0 Å². The minimum atomic E-state index is -4.51. The summed E-state index contributed by atoms with van der Waals surface area (Å²) < 4.78 is 48.1. The van der Waals surface area contributed by atoms with E-state index in [4.69, 9.17) is 20.8 Å². The highest BCUT2D eigenvalue weighted by Gasteiger charge is 2.30. The van der Waals surface area contributed by atoms with Crippen molar-refractivity contribution in [3.63, 3.8) is 0 Å². The lowest BCUT2D eigenvalue weighted by Gasteiger charge is -2.10. The molecule has 0 aliphatic carbocycles. The topological polar surface area (TPSA) is 85.6 Å². The van der Waals surface area contributed by atoms with E-state index in [1.165, 1.54) is 6.07 Å². The standard InChI is InChI=1S/C22H17ClF3NO5/c1-2-12-7-18-16(9-17(12)23)14(8-19(28)32-18)11-31-20(29)10-27-21(30)13-3-5-15(6-4-13)22(24,25)26/h3-9H,2,10-11H2,1H3,(H,27,30). The molecule has 1 N–H and O–H groups in total. The number of nitrogens with one attached hydrogen (secondary N) is 1. The lowest BCUT2D eigenvalue weighted by atomic mass is 10.1. The fraction of sp³-hybridized carbons (Fsp3) is 0.227. The van der Waals surface area contributed by atoms with Crippen molar-refractivity contribution >= 4 is 34.4 Å². The summed E-state index contributed by atoms with van der Waals surface area (Å²) in [4.78, 5) is 35.9. The maximum atomic E-state index is 12.6. The van der Waals surface area contributed by atoms with Crippen LogP contribution in [0.15, 0.2) is 51.7 Å². The molecule has 1 aromatic heterocycles. The number of aryl methyl sites for hydroxylation is 1. The molecule has 0 saturated carbocycles. The average molecular weight is 468 g/mol. The fourth-order valence-electron chi connectivity index (χ4n) is 2.95. The number of fused-ring (bicyclic) bond motifs is 1. The normalized spacial score (nSPS) is 11.4. The molecule has 0 fully saturated rings. The molecule has 0 atom stereocenters. The Morgan fingerprint density at radius 3 is 2.41 bits per heavy atom. The summed E-state index contributed by atoms with van der Waals surface area (Å²) in [5, 5.41) is 3.25. The van der Waals surface area contributed by atoms with Gasteiger partial charge in [0.05, 0.1) is 5.56 Å². The molecule has 32 heavy (non-hydrogen) atoms. The van der Waals surface area contributed by atoms with Crippen LogP contribution in [0.2, 0.25) is 5.02 Å². The van der Waals surface area contributed by atoms with E-state index in [2.05, 4.69) is 5.32 Å². The zero-order valence-electron chi connectivity index (χ0n) is 16.7. The highest BCUT2D eigenvalue weighted by molar-refractivity contribution is 6.32. The van der Waals surface area contributed by atoms with E-state index in [1.807, 2.05) is 6.92 Å². The van der Waals surface area contributed by atoms with Crippen molar-refractivity contribution in [3.05, 3.63) is 80.2 Å². The van der Waals surface area contributed by atoms with Gasteiger partial charge in [0.15, 0.2) is 0 Å². The highest BCUT2D eigenvalue weighted by Crippen LogP contribution is 2.29. The molecule has 10 heteroatoms. The van der Waals surface area contributed by atoms with Gasteiger partial charge in [-0.15, -0.1) is 0 Å². The van der Waals surface area contributed by atoms with Crippen LogP contribution in [0, 0.1) is 0 Å². The molecule has 2 aromatic carbocycles. The predicted molar refractivity (Wildman–Crippen MR) is 110 cm³/mol. The first-order valence-corrected chi connectivity index (χ1v) is 9.82. The first-order valence-electron chi connectivity index (χ1n) is 9.44. The van der Waals surface area contributed by atoms with Gasteiger partial charge in [0.25, 0.3) is 5.91 Å². The molecule has 0 unspecified atom stereocenters. The quantitative estimate of drug-likeness (QED) is 0.426. The van der Waals surface area contributed by atoms with Crippen LogP contribution in [0.5, 0.6) is 0 Å². The molecule has 0 aliphatic rings. The third-order valence-corrected chi connectivity index (χ3v) is 4.99. The Morgan fingerprint density at radius 1 is 1.09 bits per heavy atom. The van der Waals surface area contributed by atoms with Gasteiger partial charge in [0, 0.05) is 27.6 Å². The average Bonchev–Trinajstić information content (AvgIpc) is 2.75. The van der Waals surface area contributed by atoms with Crippen LogP contribution in [0.4, 0.5) is 13.2 Å². The molecule has 0 radical (unpaired) electrons. The third-order valence-electron chi connectivity index (χ3n) is 4.63. The summed E-state index contributed by atoms with van der Waals surface area (Å²) in [6.45, 7) is 1.12. The van der Waals surface area contributed by atoms with Crippen LogP contribution < -0.4 is 10.9 Å². The Labute approximate surface area is 184 Å². The van der Waals surface area contributed by atoms with Gasteiger partial charge in [-0.1, -0.05) is 18.5 Å². The summed E-state index contributed by atoms with van der Waals surface area (Å²) >= 11 is 6.22. The van der Waals surface area contributed by atoms with Crippen LogP contribution in [0.1, 0.15) is 34.0 Å². The lowest BCUT2D eigenvalue weighted by molar-refractivity contribution is -0.143. The van der Waals surface area contributed by atoms with Crippen molar-refractivity contribution in [2.75, 3.05) is 6.54 Å². The number of alkyl halides is 3. The number of rotatable bonds is 6. The van der Waals surface area contributed by atoms with Gasteiger partial charge in [-0.25, -0.2) is 4.79 Å². The van der Waals surface area contributed by atoms with Crippen molar-refractivity contribution in [1.82, 2.24) is 5.32 Å². The number of ether oxygens (including phenoxy) is 1. The Morgan fingerprint density at radius 2 is 1.78 bits per heavy atom. The van der Waals surface area contributed by atoms with Crippen molar-refractivity contribution in [1.29, 1.82) is 0 Å². The molecule has 0 aliphatic heterocycles. The Bertz CT molecular complexity index is 1220. The molecule has 3 aromatic rings. The number of amides is 1. The van der Waals surface area contributed by atoms with E-state index in [1.54, 1.807) is 12.1 Å². The first kappa shape index (κ1) is 23.3. The summed E-state index contributed by atoms with van der Waals surface area (Å²) in [5.41, 5.74) is -0.0763. The molecular formula is C22H17ClF3NO5. The summed E-state index contributed by atoms with van der Waals surface area (Å²) in [7, 11) is 0. The molecule has 0 spiro atoms. The van der Waals surface area contributed by atoms with E-state index in [9.17, 15) is 27.6 Å². The Hall–Kier alpha value is -3.33. The van der Waals surface area contributed by atoms with Gasteiger partial charge in [-0.05, 0) is 48.4 Å². The predicted octanol–water partition coefficient (Wildman–Crippen LogP) is 4.50. The molecule has 1 amide bonds. The number of carbonyl (C=O) groups excluding carboxylic acids is 2. The Balaban J connectivity index is 1.62. The number of hydrogen-bond donors (Lipinski definition) is 1. The SMILES string of the molecule is CCc1cc2oc(=O)cc(COC(=O)CNC(=O)c3ccc(C(F)(F)F)cc3)c2cc1Cl. The minimum Gasteiger partial charge on any atom is -0.459 e. The maximum absolute atomic E-state index is 12.6. The van der Waals surface area contributed by atoms with E-state index in [0.29, 0.717) is 28.0 Å². The van der Waals surface area contributed by atoms with E-state index in [-0.39, 0.29) is 12.2 Å². The number of esters is 1. The first-order chi connectivity index (χ1) is 15.1. The largest absolute Gasteiger partial charge is 0.459 e.